The minimum absolute atomic E-state index is 0.00375. The van der Waals surface area contributed by atoms with Gasteiger partial charge in [-0.3, -0.25) is 0 Å². The Morgan fingerprint density at radius 3 is 0.971 bits per heavy atom. The van der Waals surface area contributed by atoms with Crippen LogP contribution in [0.15, 0.2) is 231 Å². The second-order valence-electron chi connectivity index (χ2n) is 35.5. The van der Waals surface area contributed by atoms with Gasteiger partial charge in [-0.05, 0) is 283 Å². The van der Waals surface area contributed by atoms with E-state index in [0.29, 0.717) is 140 Å². The predicted octanol–water partition coefficient (Wildman–Crippen LogP) is 14.7. The summed E-state index contributed by atoms with van der Waals surface area (Å²) in [5, 5.41) is 178. The van der Waals surface area contributed by atoms with Crippen LogP contribution in [0.5, 0.6) is 40.2 Å². The number of unbranched alkanes of at least 4 members (excludes halogenated alkanes) is 7. The van der Waals surface area contributed by atoms with Crippen LogP contribution in [0.4, 0.5) is 0 Å². The Kier molecular flexibility index (Phi) is 56.0. The first-order valence-corrected chi connectivity index (χ1v) is 49.6. The highest BCUT2D eigenvalue weighted by Gasteiger charge is 2.20. The Morgan fingerprint density at radius 1 is 0.239 bits per heavy atom. The van der Waals surface area contributed by atoms with E-state index in [1.165, 1.54) is 52.6 Å². The largest absolute Gasteiger partial charge is 0.508 e. The molecule has 10 aromatic rings. The van der Waals surface area contributed by atoms with Crippen LogP contribution in [0.1, 0.15) is 236 Å². The summed E-state index contributed by atoms with van der Waals surface area (Å²) in [5.41, 5.74) is 11.3. The van der Waals surface area contributed by atoms with Gasteiger partial charge in [-0.1, -0.05) is 190 Å². The average molecular weight is 1910 g/mol. The molecular weight excluding hydrogens is 1750 g/mol. The number of hydrogen-bond acceptors (Lipinski definition) is 26. The fourth-order valence-electron chi connectivity index (χ4n) is 16.2. The summed E-state index contributed by atoms with van der Waals surface area (Å²) in [5.74, 6) is 2.01. The predicted molar refractivity (Wildman–Crippen MR) is 542 cm³/mol. The molecule has 10 rings (SSSR count). The first-order chi connectivity index (χ1) is 67.3. The molecule has 0 saturated carbocycles. The normalized spacial score (nSPS) is 13.2. The Hall–Kier alpha value is -9.96. The zero-order valence-corrected chi connectivity index (χ0v) is 80.5. The summed E-state index contributed by atoms with van der Waals surface area (Å²) >= 11 is 0. The maximum atomic E-state index is 10.7. The smallest absolute Gasteiger partial charge is 0.161 e. The number of hydrogen-bond donors (Lipinski definition) is 22. The van der Waals surface area contributed by atoms with Gasteiger partial charge in [-0.15, -0.1) is 0 Å². The molecule has 0 spiro atoms. The minimum atomic E-state index is -0.802. The van der Waals surface area contributed by atoms with Gasteiger partial charge >= 0.3 is 0 Å². The van der Waals surface area contributed by atoms with E-state index in [0.717, 1.165) is 191 Å². The first-order valence-electron chi connectivity index (χ1n) is 49.6. The second kappa shape index (κ2) is 68.2. The van der Waals surface area contributed by atoms with E-state index in [1.54, 1.807) is 60.7 Å². The standard InChI is InChI=1S/C41H62N2O8.C36H53N3O9.C35H41NO3/c44-29-35-25-33(17-19-38(35)46)40(48)27-42-21-8-1-3-10-23-50-31-37(16-12-15-32-13-6-5-7-14-32)51-24-11-4-2-9-22-43-28-41(49)34-18-20-39(47)36(26-34)30-45;40-21-28-14-25(6-9-31(28)43)34(46)18-37-12-2-1-4-24(17-39-20-36(48)27-8-11-33(45)30(16-27)23-42)5-3-13-38-19-35(47)26-7-10-32(44)29(15-26)22-41;37-33(32-20-8-3-9-21-32)28-36-24-10-17-31-22-23-34(38-25-11-18-29-13-4-1-5-14-29)35(27-31)39-26-12-19-30-15-6-2-7-16-30/h5-7,13-14,17-20,25-26,37,40-49H,1-4,8-12,15-16,21-24,27-31H2;6-11,14-16,24,34-48H,1-5,12-13,17-23H2;1-9,13-16,20-23,27,33,36-37H,10-12,17-19,24-26,28H2. The average Bonchev–Trinajstić information content (AvgIpc) is 0.868. The highest BCUT2D eigenvalue weighted by molar-refractivity contribution is 5.44. The highest BCUT2D eigenvalue weighted by Crippen LogP contribution is 2.32. The number of phenols is 5. The molecule has 8 unspecified atom stereocenters. The molecular formula is C112H156N6O20. The summed E-state index contributed by atoms with van der Waals surface area (Å²) in [4.78, 5) is 0. The van der Waals surface area contributed by atoms with Crippen molar-refractivity contribution < 1.29 is 101 Å². The van der Waals surface area contributed by atoms with Crippen LogP contribution in [0.2, 0.25) is 0 Å². The quantitative estimate of drug-likeness (QED) is 0.0157. The maximum Gasteiger partial charge on any atom is 0.161 e. The number of rotatable bonds is 69. The Bertz CT molecular complexity index is 4860. The molecule has 22 N–H and O–H groups in total. The summed E-state index contributed by atoms with van der Waals surface area (Å²) in [6.45, 7) is 8.81. The monoisotopic (exact) mass is 1910 g/mol. The fourth-order valence-corrected chi connectivity index (χ4v) is 16.2. The molecule has 138 heavy (non-hydrogen) atoms. The third kappa shape index (κ3) is 44.7. The number of aliphatic hydroxyl groups is 11. The summed E-state index contributed by atoms with van der Waals surface area (Å²) in [6.07, 6.45) is 17.6. The molecule has 0 aliphatic carbocycles. The topological polar surface area (TPSA) is 433 Å². The third-order valence-corrected chi connectivity index (χ3v) is 24.5. The van der Waals surface area contributed by atoms with Crippen molar-refractivity contribution in [3.63, 3.8) is 0 Å². The van der Waals surface area contributed by atoms with Crippen LogP contribution in [0.25, 0.3) is 0 Å². The van der Waals surface area contributed by atoms with E-state index in [2.05, 4.69) is 123 Å². The molecule has 10 aromatic carbocycles. The van der Waals surface area contributed by atoms with Gasteiger partial charge in [0.2, 0.25) is 0 Å². The van der Waals surface area contributed by atoms with E-state index in [9.17, 15) is 81.7 Å². The molecule has 8 atom stereocenters. The van der Waals surface area contributed by atoms with Crippen LogP contribution in [0.3, 0.4) is 0 Å². The second-order valence-corrected chi connectivity index (χ2v) is 35.5. The van der Waals surface area contributed by atoms with Crippen molar-refractivity contribution in [2.75, 3.05) is 112 Å². The Balaban J connectivity index is 0.000000256. The number of aliphatic hydroxyl groups excluding tert-OH is 11. The lowest BCUT2D eigenvalue weighted by Crippen LogP contribution is -2.29. The molecule has 0 amide bonds. The van der Waals surface area contributed by atoms with Crippen molar-refractivity contribution in [3.8, 4) is 40.2 Å². The summed E-state index contributed by atoms with van der Waals surface area (Å²) < 4.78 is 24.8. The van der Waals surface area contributed by atoms with Crippen molar-refractivity contribution in [3.05, 3.63) is 314 Å². The zero-order chi connectivity index (χ0) is 98.4. The highest BCUT2D eigenvalue weighted by atomic mass is 16.5. The molecule has 0 saturated heterocycles. The van der Waals surface area contributed by atoms with E-state index >= 15 is 0 Å². The molecule has 0 aliphatic rings. The molecule has 0 bridgehead atoms. The van der Waals surface area contributed by atoms with Crippen LogP contribution >= 0.6 is 0 Å². The van der Waals surface area contributed by atoms with Crippen LogP contribution in [-0.4, -0.2) is 199 Å². The molecule has 0 heterocycles. The van der Waals surface area contributed by atoms with Crippen LogP contribution in [0, 0.1) is 5.92 Å². The summed E-state index contributed by atoms with van der Waals surface area (Å²) in [7, 11) is 0. The van der Waals surface area contributed by atoms with Gasteiger partial charge in [0.05, 0.1) is 95.6 Å². The SMILES string of the molecule is OC(CNCCCc1ccc(OCCCc2ccccc2)c(OCCCc2ccccc2)c1)c1ccccc1.OCc1cc(C(O)CNCCCCC(CCCNCC(O)c2ccc(O)c(CO)c2)CNCC(O)c2ccc(O)c(CO)c2)ccc1O.OCc1cc(C(O)CNCCCCCCOCC(CCCc2ccccc2)OCCCCCCNCC(O)c2ccc(O)c(CO)c2)ccc1O. The van der Waals surface area contributed by atoms with E-state index < -0.39 is 36.6 Å². The van der Waals surface area contributed by atoms with Gasteiger partial charge in [0, 0.05) is 80.3 Å². The van der Waals surface area contributed by atoms with Gasteiger partial charge in [-0.2, -0.15) is 0 Å². The molecule has 754 valence electrons. The number of aryl methyl sites for hydroxylation is 4. The van der Waals surface area contributed by atoms with Crippen molar-refractivity contribution in [1.29, 1.82) is 0 Å². The van der Waals surface area contributed by atoms with Gasteiger partial charge < -0.3 is 133 Å². The van der Waals surface area contributed by atoms with Crippen LogP contribution in [-0.2, 0) is 68.2 Å². The molecule has 0 fully saturated rings. The van der Waals surface area contributed by atoms with Crippen molar-refractivity contribution in [1.82, 2.24) is 31.9 Å². The number of nitrogens with one attached hydrogen (secondary N) is 6. The van der Waals surface area contributed by atoms with Gasteiger partial charge in [0.1, 0.15) is 28.7 Å². The lowest BCUT2D eigenvalue weighted by molar-refractivity contribution is -0.0231. The number of aromatic hydroxyl groups is 5. The van der Waals surface area contributed by atoms with Gasteiger partial charge in [0.25, 0.3) is 0 Å². The fraction of sp³-hybridized carbons (Fsp3) is 0.464. The number of benzene rings is 10. The van der Waals surface area contributed by atoms with E-state index in [1.807, 2.05) is 48.5 Å². The lowest BCUT2D eigenvalue weighted by Gasteiger charge is -2.20. The van der Waals surface area contributed by atoms with E-state index in [-0.39, 0.29) is 67.9 Å². The molecule has 0 radical (unpaired) electrons. The Morgan fingerprint density at radius 2 is 0.565 bits per heavy atom. The van der Waals surface area contributed by atoms with E-state index in [4.69, 9.17) is 18.9 Å². The van der Waals surface area contributed by atoms with Gasteiger partial charge in [0.15, 0.2) is 11.5 Å². The molecule has 0 aromatic heterocycles. The van der Waals surface area contributed by atoms with Crippen molar-refractivity contribution >= 4 is 0 Å². The summed E-state index contributed by atoms with van der Waals surface area (Å²) in [6, 6.07) is 71.5. The van der Waals surface area contributed by atoms with Crippen molar-refractivity contribution in [2.24, 2.45) is 5.92 Å². The third-order valence-electron chi connectivity index (χ3n) is 24.5. The van der Waals surface area contributed by atoms with Crippen LogP contribution < -0.4 is 41.4 Å². The number of ether oxygens (including phenoxy) is 4. The minimum Gasteiger partial charge on any atom is -0.508 e. The maximum absolute atomic E-state index is 10.7. The first kappa shape index (κ1) is 113. The molecule has 26 nitrogen and oxygen atoms in total. The van der Waals surface area contributed by atoms with Gasteiger partial charge in [-0.25, -0.2) is 0 Å². The molecule has 26 heteroatoms. The lowest BCUT2D eigenvalue weighted by atomic mass is 9.96. The van der Waals surface area contributed by atoms with Crippen molar-refractivity contribution in [2.45, 2.75) is 217 Å². The zero-order valence-electron chi connectivity index (χ0n) is 80.5. The Labute approximate surface area is 816 Å². The molecule has 0 aliphatic heterocycles.